The summed E-state index contributed by atoms with van der Waals surface area (Å²) in [6.07, 6.45) is 3.96. The van der Waals surface area contributed by atoms with Gasteiger partial charge in [0.1, 0.15) is 0 Å². The van der Waals surface area contributed by atoms with Crippen LogP contribution in [0.5, 0.6) is 11.5 Å². The number of ether oxygens (including phenoxy) is 2. The van der Waals surface area contributed by atoms with Crippen LogP contribution in [0.4, 0.5) is 5.69 Å². The molecule has 0 atom stereocenters. The zero-order chi connectivity index (χ0) is 18.2. The minimum atomic E-state index is -1.05. The molecule has 0 unspecified atom stereocenters. The van der Waals surface area contributed by atoms with Crippen molar-refractivity contribution >= 4 is 33.8 Å². The van der Waals surface area contributed by atoms with E-state index < -0.39 is 12.6 Å². The van der Waals surface area contributed by atoms with E-state index in [1.54, 1.807) is 18.4 Å². The number of aliphatic carboxylic acids is 1. The fourth-order valence-electron chi connectivity index (χ4n) is 2.22. The van der Waals surface area contributed by atoms with Gasteiger partial charge in [-0.1, -0.05) is 28.1 Å². The van der Waals surface area contributed by atoms with Crippen LogP contribution in [0.2, 0.25) is 0 Å². The minimum absolute atomic E-state index is 0.407. The lowest BCUT2D eigenvalue weighted by atomic mass is 10.1. The Hall–Kier alpha value is -2.60. The molecule has 0 aliphatic rings. The molecule has 0 aliphatic heterocycles. The Kier molecular flexibility index (Phi) is 6.77. The maximum Gasteiger partial charge on any atom is 0.341 e. The van der Waals surface area contributed by atoms with Crippen molar-refractivity contribution < 1.29 is 19.4 Å². The number of methoxy groups -OCH3 is 1. The van der Waals surface area contributed by atoms with Crippen LogP contribution in [0.15, 0.2) is 58.5 Å². The highest BCUT2D eigenvalue weighted by atomic mass is 79.9. The molecular formula is C19H18BrNO4. The second-order valence-electron chi connectivity index (χ2n) is 5.12. The number of halogens is 1. The summed E-state index contributed by atoms with van der Waals surface area (Å²) in [5, 5.41) is 8.84. The second kappa shape index (κ2) is 9.03. The lowest BCUT2D eigenvalue weighted by Gasteiger charge is -2.14. The molecule has 0 spiro atoms. The van der Waals surface area contributed by atoms with Gasteiger partial charge >= 0.3 is 5.97 Å². The summed E-state index contributed by atoms with van der Waals surface area (Å²) in [5.41, 5.74) is 2.41. The van der Waals surface area contributed by atoms with Gasteiger partial charge in [0.25, 0.3) is 0 Å². The lowest BCUT2D eigenvalue weighted by molar-refractivity contribution is -0.139. The Morgan fingerprint density at radius 2 is 2.16 bits per heavy atom. The molecule has 2 rings (SSSR count). The van der Waals surface area contributed by atoms with Crippen molar-refractivity contribution in [3.8, 4) is 11.5 Å². The zero-order valence-electron chi connectivity index (χ0n) is 13.7. The van der Waals surface area contributed by atoms with E-state index in [0.717, 1.165) is 21.3 Å². The Balaban J connectivity index is 2.37. The molecule has 0 aromatic heterocycles. The average molecular weight is 404 g/mol. The third kappa shape index (κ3) is 5.46. The van der Waals surface area contributed by atoms with Crippen molar-refractivity contribution in [2.24, 2.45) is 4.99 Å². The summed E-state index contributed by atoms with van der Waals surface area (Å²) in [7, 11) is 1.51. The molecule has 0 saturated heterocycles. The van der Waals surface area contributed by atoms with Crippen LogP contribution in [-0.4, -0.2) is 31.0 Å². The monoisotopic (exact) mass is 403 g/mol. The molecule has 0 amide bonds. The third-order valence-electron chi connectivity index (χ3n) is 3.25. The number of hydrogen-bond acceptors (Lipinski definition) is 4. The van der Waals surface area contributed by atoms with E-state index in [4.69, 9.17) is 14.6 Å². The van der Waals surface area contributed by atoms with Crippen LogP contribution in [0, 0.1) is 0 Å². The van der Waals surface area contributed by atoms with Gasteiger partial charge in [-0.2, -0.15) is 0 Å². The SMILES string of the molecule is C=CCc1cc(C=Nc2cccc(Br)c2)cc(OC)c1OCC(=O)O. The average Bonchev–Trinajstić information content (AvgIpc) is 2.58. The molecule has 0 bridgehead atoms. The maximum atomic E-state index is 10.8. The Bertz CT molecular complexity index is 802. The van der Waals surface area contributed by atoms with Crippen LogP contribution in [0.1, 0.15) is 11.1 Å². The normalized spacial score (nSPS) is 10.6. The highest BCUT2D eigenvalue weighted by molar-refractivity contribution is 9.10. The highest BCUT2D eigenvalue weighted by Gasteiger charge is 2.13. The van der Waals surface area contributed by atoms with Gasteiger partial charge in [0.15, 0.2) is 18.1 Å². The van der Waals surface area contributed by atoms with E-state index in [2.05, 4.69) is 27.5 Å². The first-order chi connectivity index (χ1) is 12.0. The van der Waals surface area contributed by atoms with Crippen molar-refractivity contribution in [1.82, 2.24) is 0 Å². The quantitative estimate of drug-likeness (QED) is 0.523. The Labute approximate surface area is 154 Å². The number of rotatable bonds is 8. The van der Waals surface area contributed by atoms with E-state index in [-0.39, 0.29) is 0 Å². The van der Waals surface area contributed by atoms with Crippen LogP contribution >= 0.6 is 15.9 Å². The first-order valence-electron chi connectivity index (χ1n) is 7.49. The molecule has 6 heteroatoms. The standard InChI is InChI=1S/C19H18BrNO4/c1-3-5-14-8-13(11-21-16-7-4-6-15(20)10-16)9-17(24-2)19(14)25-12-18(22)23/h3-4,6-11H,1,5,12H2,2H3,(H,22,23). The van der Waals surface area contributed by atoms with Gasteiger partial charge in [0.05, 0.1) is 12.8 Å². The molecule has 2 aromatic carbocycles. The third-order valence-corrected chi connectivity index (χ3v) is 3.74. The van der Waals surface area contributed by atoms with Crippen LogP contribution < -0.4 is 9.47 Å². The van der Waals surface area contributed by atoms with E-state index in [1.165, 1.54) is 7.11 Å². The molecule has 0 radical (unpaired) electrons. The predicted octanol–water partition coefficient (Wildman–Crippen LogP) is 4.40. The van der Waals surface area contributed by atoms with Gasteiger partial charge in [0.2, 0.25) is 0 Å². The van der Waals surface area contributed by atoms with E-state index >= 15 is 0 Å². The van der Waals surface area contributed by atoms with Crippen LogP contribution in [-0.2, 0) is 11.2 Å². The number of aliphatic imine (C=N–C) groups is 1. The van der Waals surface area contributed by atoms with E-state index in [0.29, 0.717) is 17.9 Å². The molecule has 2 aromatic rings. The van der Waals surface area contributed by atoms with Crippen molar-refractivity contribution in [2.45, 2.75) is 6.42 Å². The summed E-state index contributed by atoms with van der Waals surface area (Å²) >= 11 is 3.41. The Morgan fingerprint density at radius 1 is 1.36 bits per heavy atom. The lowest BCUT2D eigenvalue weighted by Crippen LogP contribution is -2.11. The highest BCUT2D eigenvalue weighted by Crippen LogP contribution is 2.33. The summed E-state index contributed by atoms with van der Waals surface area (Å²) < 4.78 is 11.7. The summed E-state index contributed by atoms with van der Waals surface area (Å²) in [4.78, 5) is 15.2. The largest absolute Gasteiger partial charge is 0.493 e. The number of nitrogens with zero attached hydrogens (tertiary/aromatic N) is 1. The van der Waals surface area contributed by atoms with Crippen molar-refractivity contribution in [3.05, 3.63) is 64.7 Å². The predicted molar refractivity (Wildman–Crippen MR) is 101 cm³/mol. The van der Waals surface area contributed by atoms with Crippen LogP contribution in [0.25, 0.3) is 0 Å². The van der Waals surface area contributed by atoms with Gasteiger partial charge in [-0.3, -0.25) is 4.99 Å². The molecule has 1 N–H and O–H groups in total. The molecular weight excluding hydrogens is 386 g/mol. The molecule has 0 aliphatic carbocycles. The smallest absolute Gasteiger partial charge is 0.341 e. The van der Waals surface area contributed by atoms with Crippen molar-refractivity contribution in [3.63, 3.8) is 0 Å². The fourth-order valence-corrected chi connectivity index (χ4v) is 2.61. The maximum absolute atomic E-state index is 10.8. The fraction of sp³-hybridized carbons (Fsp3) is 0.158. The van der Waals surface area contributed by atoms with Gasteiger partial charge in [-0.25, -0.2) is 4.79 Å². The van der Waals surface area contributed by atoms with Gasteiger partial charge < -0.3 is 14.6 Å². The number of carboxylic acids is 1. The van der Waals surface area contributed by atoms with Gasteiger partial charge in [-0.05, 0) is 42.3 Å². The molecule has 0 saturated carbocycles. The van der Waals surface area contributed by atoms with Crippen LogP contribution in [0.3, 0.4) is 0 Å². The summed E-state index contributed by atoms with van der Waals surface area (Å²) in [6, 6.07) is 11.3. The second-order valence-corrected chi connectivity index (χ2v) is 6.04. The van der Waals surface area contributed by atoms with Gasteiger partial charge in [-0.15, -0.1) is 6.58 Å². The molecule has 5 nitrogen and oxygen atoms in total. The molecule has 25 heavy (non-hydrogen) atoms. The first-order valence-corrected chi connectivity index (χ1v) is 8.29. The summed E-state index contributed by atoms with van der Waals surface area (Å²) in [5.74, 6) is -0.187. The zero-order valence-corrected chi connectivity index (χ0v) is 15.3. The molecule has 0 fully saturated rings. The van der Waals surface area contributed by atoms with Gasteiger partial charge in [0, 0.05) is 16.3 Å². The first kappa shape index (κ1) is 18.7. The van der Waals surface area contributed by atoms with E-state index in [1.807, 2.05) is 30.3 Å². The number of carboxylic acid groups (broad SMARTS) is 1. The topological polar surface area (TPSA) is 68.1 Å². The number of carbonyl (C=O) groups is 1. The molecule has 0 heterocycles. The summed E-state index contributed by atoms with van der Waals surface area (Å²) in [6.45, 7) is 3.29. The number of allylic oxidation sites excluding steroid dienone is 1. The molecule has 130 valence electrons. The van der Waals surface area contributed by atoms with E-state index in [9.17, 15) is 4.79 Å². The van der Waals surface area contributed by atoms with Crippen molar-refractivity contribution in [2.75, 3.05) is 13.7 Å². The minimum Gasteiger partial charge on any atom is -0.493 e. The number of hydrogen-bond donors (Lipinski definition) is 1. The Morgan fingerprint density at radius 3 is 2.80 bits per heavy atom. The van der Waals surface area contributed by atoms with Crippen molar-refractivity contribution in [1.29, 1.82) is 0 Å². The number of benzene rings is 2.